The molecule has 658 valence electrons. The van der Waals surface area contributed by atoms with Crippen LogP contribution in [-0.4, -0.2) is 286 Å². The van der Waals surface area contributed by atoms with Crippen molar-refractivity contribution in [1.82, 2.24) is 20.1 Å². The van der Waals surface area contributed by atoms with Crippen LogP contribution in [0.3, 0.4) is 0 Å². The fraction of sp³-hybridized carbons (Fsp3) is 0.825. The first-order valence-corrected chi connectivity index (χ1v) is 52.5. The van der Waals surface area contributed by atoms with Crippen LogP contribution in [-0.2, 0) is 70.3 Å². The van der Waals surface area contributed by atoms with Crippen molar-refractivity contribution >= 4 is 119 Å². The lowest BCUT2D eigenvalue weighted by Gasteiger charge is -2.33. The molecule has 0 bridgehead atoms. The number of aliphatic hydroxyl groups is 5. The number of pyridine rings is 1. The van der Waals surface area contributed by atoms with Crippen molar-refractivity contribution in [3.63, 3.8) is 0 Å². The van der Waals surface area contributed by atoms with Crippen molar-refractivity contribution in [3.05, 3.63) is 30.1 Å². The number of nitrogens with one attached hydrogen (secondary N) is 1. The van der Waals surface area contributed by atoms with Gasteiger partial charge in [0.05, 0.1) is 6.04 Å². The third kappa shape index (κ3) is 37.8. The molecule has 54 nitrogen and oxygen atoms in total. The van der Waals surface area contributed by atoms with E-state index in [1.807, 2.05) is 6.92 Å². The molecular formula is C40H97F2N7O47P14. The summed E-state index contributed by atoms with van der Waals surface area (Å²) in [7, 11) is -70.6. The third-order valence-electron chi connectivity index (χ3n) is 14.3. The molecule has 0 saturated heterocycles. The largest absolute Gasteiger partial charge is 0.443 e. The maximum atomic E-state index is 11.9. The van der Waals surface area contributed by atoms with Crippen LogP contribution in [0.2, 0.25) is 0 Å². The summed E-state index contributed by atoms with van der Waals surface area (Å²) in [5.74, 6) is 0. The van der Waals surface area contributed by atoms with E-state index in [0.29, 0.717) is 25.8 Å². The normalized spacial score (nSPS) is 16.3. The Labute approximate surface area is 623 Å². The zero-order valence-electron chi connectivity index (χ0n) is 57.6. The molecule has 1 unspecified atom stereocenters. The van der Waals surface area contributed by atoms with E-state index in [4.69, 9.17) is 143 Å². The van der Waals surface area contributed by atoms with Crippen LogP contribution in [0.15, 0.2) is 34.4 Å². The van der Waals surface area contributed by atoms with Gasteiger partial charge in [0.2, 0.25) is 0 Å². The van der Waals surface area contributed by atoms with Crippen LogP contribution >= 0.6 is 106 Å². The van der Waals surface area contributed by atoms with Crippen LogP contribution in [0.4, 0.5) is 8.78 Å². The lowest BCUT2D eigenvalue weighted by atomic mass is 10.1. The number of nitrogens with zero attached hydrogens (tertiary/aromatic N) is 5. The smallest absolute Gasteiger partial charge is 0.368 e. The zero-order valence-corrected chi connectivity index (χ0v) is 70.2. The SMILES string of the molecule is CCCCCN(C)CCC(O)(P(=O)(O)O)P(=O)(O)O.CN(C)CCC(O)(P(=O)(O)O)P(=O)(O)O.NCCCCC(O)(P(=O)(O)O)P(=O)(O)O.O=P(O)(O)C(Cc1ccccn1)P(=O)(O)O.O=P(O)(O)C(F)(F)P(=O)(O)O.O=P(O)(O)C(O)(CC1C=NC=N1)P(=O)(O)O.O=P(O)(O)C(O)(NC1CCCCCC1)P(=O)(O)O. The number of hydrogen-bond donors (Lipinski definition) is 35. The average molecular weight is 1900 g/mol. The fourth-order valence-electron chi connectivity index (χ4n) is 7.79. The molecule has 110 heavy (non-hydrogen) atoms. The van der Waals surface area contributed by atoms with E-state index < -0.39 is 187 Å². The minimum atomic E-state index is -6.09. The van der Waals surface area contributed by atoms with Crippen molar-refractivity contribution < 1.29 is 235 Å². The van der Waals surface area contributed by atoms with E-state index in [1.165, 1.54) is 17.2 Å². The van der Waals surface area contributed by atoms with Crippen molar-refractivity contribution in [2.75, 3.05) is 47.3 Å². The highest BCUT2D eigenvalue weighted by molar-refractivity contribution is 7.74. The molecule has 0 aromatic carbocycles. The molecule has 1 aromatic rings. The Morgan fingerprint density at radius 3 is 1.11 bits per heavy atom. The number of nitrogens with two attached hydrogens (primary N) is 1. The van der Waals surface area contributed by atoms with Gasteiger partial charge in [0.1, 0.15) is 6.34 Å². The Kier molecular flexibility index (Phi) is 47.7. The van der Waals surface area contributed by atoms with Gasteiger partial charge in [-0.05, 0) is 84.9 Å². The standard InChI is InChI=1S/C9H23NO7P2.C8H19NO7P2.C7H11NO6P2.C5H10N2O7P2.2C5H15NO7P2.CH4F2O6P2/c1-3-4-5-7-10(2)8-6-9(11,18(12,13)14)19(15,16)17;10-8(17(11,12)13,18(14,15)16)9-7-5-3-1-2-4-6-7;9-15(10,11)7(16(12,13)14)5-6-3-1-2-4-8-6;8-5(15(9,10)11,16(12,13)14)1-4-2-6-3-7-4;1-6(2)4-3-5(7,14(8,9)10)15(11,12)13;6-4-2-1-3-5(7,14(8,9)10)15(11,12)13;2-1(3,10(4,5)6)11(7,8)9/h11H,3-8H2,1-2H3,(H2,12,13,14)(H2,15,16,17);7,9-10H,1-6H2,(H2,11,12,13)(H2,14,15,16);1-4,7H,5H2,(H2,9,10,11)(H2,12,13,14);2-4,8H,1H2,(H2,9,10,11)(H2,12,13,14);7H,3-4H2,1-2H3,(H2,8,9,10)(H2,11,12,13);7H,1-4,6H2,(H2,8,9,10)(H2,11,12,13);(H2,4,5,6)(H2,7,8,9). The second-order valence-electron chi connectivity index (χ2n) is 23.7. The van der Waals surface area contributed by atoms with E-state index in [2.05, 4.69) is 20.3 Å². The quantitative estimate of drug-likeness (QED) is 0.0152. The van der Waals surface area contributed by atoms with E-state index in [9.17, 15) is 98.2 Å². The topological polar surface area (TPSA) is 989 Å². The summed E-state index contributed by atoms with van der Waals surface area (Å²) in [6, 6.07) is 3.12. The monoisotopic (exact) mass is 1900 g/mol. The van der Waals surface area contributed by atoms with E-state index in [0.717, 1.165) is 57.5 Å². The van der Waals surface area contributed by atoms with Crippen LogP contribution in [0.5, 0.6) is 0 Å². The lowest BCUT2D eigenvalue weighted by molar-refractivity contribution is 0.0870. The van der Waals surface area contributed by atoms with Crippen LogP contribution in [0, 0.1) is 0 Å². The molecule has 1 fully saturated rings. The van der Waals surface area contributed by atoms with Crippen LogP contribution < -0.4 is 11.1 Å². The Bertz CT molecular complexity index is 3610. The van der Waals surface area contributed by atoms with Gasteiger partial charge in [0.25, 0.3) is 20.3 Å². The van der Waals surface area contributed by atoms with Crippen molar-refractivity contribution in [3.8, 4) is 0 Å². The number of halogens is 2. The Morgan fingerprint density at radius 1 is 0.473 bits per heavy atom. The maximum Gasteiger partial charge on any atom is 0.443 e. The van der Waals surface area contributed by atoms with Gasteiger partial charge in [0.15, 0.2) is 5.40 Å². The summed E-state index contributed by atoms with van der Waals surface area (Å²) in [5, 5.41) is 25.5. The molecule has 1 aliphatic carbocycles. The highest BCUT2D eigenvalue weighted by Crippen LogP contribution is 2.74. The minimum absolute atomic E-state index is 0.0171. The number of unbranched alkanes of at least 4 members (excludes halogenated alkanes) is 3. The molecule has 0 amide bonds. The number of rotatable bonds is 34. The molecule has 1 aromatic heterocycles. The molecule has 70 heteroatoms. The minimum Gasteiger partial charge on any atom is -0.368 e. The summed E-state index contributed by atoms with van der Waals surface area (Å²) in [5.41, 5.74) is 5.33. The Balaban J connectivity index is -0.000000599. The Hall–Kier alpha value is 0.0900. The highest BCUT2D eigenvalue weighted by Gasteiger charge is 2.65. The summed E-state index contributed by atoms with van der Waals surface area (Å²) in [4.78, 5) is 257. The first-order chi connectivity index (χ1) is 48.3. The predicted octanol–water partition coefficient (Wildman–Crippen LogP) is -2.13. The van der Waals surface area contributed by atoms with Gasteiger partial charge >= 0.3 is 117 Å². The fourth-order valence-corrected chi connectivity index (χ4v) is 22.4. The summed E-state index contributed by atoms with van der Waals surface area (Å²) in [6.45, 7) is 2.79. The molecule has 1 saturated carbocycles. The molecule has 2 heterocycles. The maximum absolute atomic E-state index is 11.9. The van der Waals surface area contributed by atoms with Gasteiger partial charge in [-0.25, -0.2) is 4.99 Å². The molecule has 2 aliphatic rings. The zero-order chi connectivity index (χ0) is 88.7. The number of hydrogen-bond acceptors (Lipinski definition) is 26. The lowest BCUT2D eigenvalue weighted by Crippen LogP contribution is -2.49. The van der Waals surface area contributed by atoms with Crippen molar-refractivity contribution in [2.24, 2.45) is 15.7 Å². The van der Waals surface area contributed by atoms with E-state index in [-0.39, 0.29) is 31.7 Å². The molecule has 1 aliphatic heterocycles. The summed E-state index contributed by atoms with van der Waals surface area (Å²) in [6.07, 6.45) is 7.83. The molecule has 3 rings (SSSR count). The first-order valence-electron chi connectivity index (χ1n) is 29.8. The molecule has 36 N–H and O–H groups in total. The van der Waals surface area contributed by atoms with E-state index in [1.54, 1.807) is 38.2 Å². The van der Waals surface area contributed by atoms with Gasteiger partial charge in [-0.1, -0.05) is 51.5 Å². The number of alkyl halides is 2. The van der Waals surface area contributed by atoms with Crippen LogP contribution in [0.1, 0.15) is 109 Å². The number of aromatic nitrogens is 1. The first kappa shape index (κ1) is 116. The van der Waals surface area contributed by atoms with Gasteiger partial charge in [-0.15, -0.1) is 0 Å². The van der Waals surface area contributed by atoms with Crippen molar-refractivity contribution in [1.29, 1.82) is 0 Å². The third-order valence-corrected chi connectivity index (χ3v) is 39.8. The summed E-state index contributed by atoms with van der Waals surface area (Å²) < 4.78 is 175. The molecule has 0 radical (unpaired) electrons. The second-order valence-corrected chi connectivity index (χ2v) is 51.2. The Morgan fingerprint density at radius 2 is 0.836 bits per heavy atom. The second kappa shape index (κ2) is 45.1. The highest BCUT2D eigenvalue weighted by atomic mass is 31.3. The van der Waals surface area contributed by atoms with E-state index >= 15 is 0 Å². The van der Waals surface area contributed by atoms with Gasteiger partial charge in [0, 0.05) is 62.9 Å². The molecule has 1 atom stereocenters. The van der Waals surface area contributed by atoms with Gasteiger partial charge in [-0.2, -0.15) is 8.78 Å². The predicted molar refractivity (Wildman–Crippen MR) is 378 cm³/mol. The number of aliphatic imine (C=N–C) groups is 2. The summed E-state index contributed by atoms with van der Waals surface area (Å²) >= 11 is 0. The van der Waals surface area contributed by atoms with Crippen molar-refractivity contribution in [2.45, 2.75) is 158 Å². The molecule has 0 spiro atoms. The van der Waals surface area contributed by atoms with Crippen LogP contribution in [0.25, 0.3) is 0 Å². The van der Waals surface area contributed by atoms with Gasteiger partial charge < -0.3 is 178 Å². The van der Waals surface area contributed by atoms with Gasteiger partial charge in [-0.3, -0.25) is 79.2 Å². The average Bonchev–Trinajstić information content (AvgIpc) is 1.000. The molecular weight excluding hydrogens is 1800 g/mol.